The van der Waals surface area contributed by atoms with Crippen LogP contribution in [0.2, 0.25) is 0 Å². The Hall–Kier alpha value is -1.82. The predicted molar refractivity (Wildman–Crippen MR) is 89.5 cm³/mol. The van der Waals surface area contributed by atoms with Crippen molar-refractivity contribution in [3.05, 3.63) is 76.4 Å². The average Bonchev–Trinajstić information content (AvgIpc) is 2.77. The Bertz CT molecular complexity index is 721. The van der Waals surface area contributed by atoms with Crippen molar-refractivity contribution in [2.75, 3.05) is 0 Å². The summed E-state index contributed by atoms with van der Waals surface area (Å²) in [5.41, 5.74) is 9.29. The van der Waals surface area contributed by atoms with Crippen LogP contribution < -0.4 is 0 Å². The van der Waals surface area contributed by atoms with Crippen LogP contribution in [-0.2, 0) is 5.41 Å². The van der Waals surface area contributed by atoms with Crippen molar-refractivity contribution >= 4 is 5.57 Å². The van der Waals surface area contributed by atoms with E-state index in [1.807, 2.05) is 0 Å². The van der Waals surface area contributed by atoms with Crippen LogP contribution in [0.25, 0.3) is 5.57 Å². The second kappa shape index (κ2) is 4.59. The Balaban J connectivity index is 2.01. The van der Waals surface area contributed by atoms with Gasteiger partial charge in [-0.1, -0.05) is 73.0 Å². The van der Waals surface area contributed by atoms with E-state index >= 15 is 0 Å². The molecule has 4 rings (SSSR count). The molecular weight excluding hydrogens is 252 g/mol. The number of benzene rings is 2. The van der Waals surface area contributed by atoms with Gasteiger partial charge in [0.25, 0.3) is 0 Å². The summed E-state index contributed by atoms with van der Waals surface area (Å²) in [6, 6.07) is 18.0. The molecule has 0 aromatic heterocycles. The minimum Gasteiger partial charge on any atom is -0.0622 e. The highest BCUT2D eigenvalue weighted by atomic mass is 14.5. The summed E-state index contributed by atoms with van der Waals surface area (Å²) in [5.74, 6) is 0. The highest BCUT2D eigenvalue weighted by Crippen LogP contribution is 2.55. The molecule has 0 N–H and O–H groups in total. The minimum atomic E-state index is 0.269. The molecule has 0 saturated heterocycles. The maximum atomic E-state index is 2.47. The topological polar surface area (TPSA) is 0 Å². The van der Waals surface area contributed by atoms with E-state index in [1.165, 1.54) is 47.9 Å². The molecule has 0 aliphatic heterocycles. The van der Waals surface area contributed by atoms with Gasteiger partial charge >= 0.3 is 0 Å². The zero-order chi connectivity index (χ0) is 14.4. The van der Waals surface area contributed by atoms with Gasteiger partial charge in [-0.05, 0) is 48.4 Å². The molecule has 2 aliphatic carbocycles. The van der Waals surface area contributed by atoms with Crippen molar-refractivity contribution < 1.29 is 0 Å². The van der Waals surface area contributed by atoms with E-state index in [9.17, 15) is 0 Å². The maximum absolute atomic E-state index is 2.47. The standard InChI is InChI=1S/C21H22/c1-15-11-12-17-19(14-15)21(2)13-7-6-10-18(21)20(17)16-8-4-3-5-9-16/h3-5,8-9,11-12,14H,6-7,10,13H2,1-2H3. The van der Waals surface area contributed by atoms with Crippen molar-refractivity contribution in [2.24, 2.45) is 0 Å². The Labute approximate surface area is 127 Å². The third kappa shape index (κ3) is 1.82. The van der Waals surface area contributed by atoms with Crippen LogP contribution in [-0.4, -0.2) is 0 Å². The summed E-state index contributed by atoms with van der Waals surface area (Å²) in [4.78, 5) is 0. The molecule has 106 valence electrons. The van der Waals surface area contributed by atoms with E-state index in [2.05, 4.69) is 62.4 Å². The quantitative estimate of drug-likeness (QED) is 0.631. The second-order valence-electron chi connectivity index (χ2n) is 6.81. The Morgan fingerprint density at radius 3 is 2.57 bits per heavy atom. The SMILES string of the molecule is Cc1ccc2c(c1)C1(C)CCCCC1=C2c1ccccc1. The van der Waals surface area contributed by atoms with Gasteiger partial charge in [0.1, 0.15) is 0 Å². The van der Waals surface area contributed by atoms with Crippen LogP contribution in [0.15, 0.2) is 54.1 Å². The van der Waals surface area contributed by atoms with Gasteiger partial charge in [0.05, 0.1) is 0 Å². The van der Waals surface area contributed by atoms with Gasteiger partial charge in [-0.15, -0.1) is 0 Å². The zero-order valence-electron chi connectivity index (χ0n) is 12.9. The molecule has 1 fully saturated rings. The summed E-state index contributed by atoms with van der Waals surface area (Å²) >= 11 is 0. The molecule has 0 nitrogen and oxygen atoms in total. The smallest absolute Gasteiger partial charge is 0.0149 e. The van der Waals surface area contributed by atoms with E-state index in [-0.39, 0.29) is 5.41 Å². The molecule has 0 spiro atoms. The lowest BCUT2D eigenvalue weighted by Gasteiger charge is -2.34. The number of rotatable bonds is 1. The first kappa shape index (κ1) is 12.9. The molecule has 0 heteroatoms. The molecule has 21 heavy (non-hydrogen) atoms. The zero-order valence-corrected chi connectivity index (χ0v) is 12.9. The number of aryl methyl sites for hydroxylation is 1. The Morgan fingerprint density at radius 1 is 0.952 bits per heavy atom. The van der Waals surface area contributed by atoms with Crippen molar-refractivity contribution in [1.82, 2.24) is 0 Å². The van der Waals surface area contributed by atoms with E-state index in [1.54, 1.807) is 11.1 Å². The number of fused-ring (bicyclic) bond motifs is 3. The van der Waals surface area contributed by atoms with Crippen molar-refractivity contribution in [3.63, 3.8) is 0 Å². The van der Waals surface area contributed by atoms with Crippen LogP contribution in [0, 0.1) is 6.92 Å². The van der Waals surface area contributed by atoms with E-state index in [0.29, 0.717) is 0 Å². The van der Waals surface area contributed by atoms with E-state index < -0.39 is 0 Å². The lowest BCUT2D eigenvalue weighted by Crippen LogP contribution is -2.25. The summed E-state index contributed by atoms with van der Waals surface area (Å²) < 4.78 is 0. The second-order valence-corrected chi connectivity index (χ2v) is 6.81. The van der Waals surface area contributed by atoms with Gasteiger partial charge in [0.2, 0.25) is 0 Å². The lowest BCUT2D eigenvalue weighted by molar-refractivity contribution is 0.423. The summed E-state index contributed by atoms with van der Waals surface area (Å²) in [6.45, 7) is 4.68. The van der Waals surface area contributed by atoms with Crippen molar-refractivity contribution in [2.45, 2.75) is 44.9 Å². The molecule has 2 aliphatic rings. The number of hydrogen-bond donors (Lipinski definition) is 0. The Morgan fingerprint density at radius 2 is 1.76 bits per heavy atom. The van der Waals surface area contributed by atoms with E-state index in [4.69, 9.17) is 0 Å². The average molecular weight is 274 g/mol. The monoisotopic (exact) mass is 274 g/mol. The normalized spacial score (nSPS) is 23.9. The summed E-state index contributed by atoms with van der Waals surface area (Å²) in [5, 5.41) is 0. The lowest BCUT2D eigenvalue weighted by atomic mass is 9.70. The molecule has 1 unspecified atom stereocenters. The van der Waals surface area contributed by atoms with E-state index in [0.717, 1.165) is 0 Å². The fourth-order valence-corrected chi connectivity index (χ4v) is 4.33. The first-order valence-corrected chi connectivity index (χ1v) is 8.11. The number of hydrogen-bond acceptors (Lipinski definition) is 0. The van der Waals surface area contributed by atoms with Gasteiger partial charge < -0.3 is 0 Å². The third-order valence-electron chi connectivity index (χ3n) is 5.42. The molecule has 0 bridgehead atoms. The van der Waals surface area contributed by atoms with Crippen LogP contribution in [0.3, 0.4) is 0 Å². The number of allylic oxidation sites excluding steroid dienone is 1. The molecule has 1 saturated carbocycles. The van der Waals surface area contributed by atoms with Crippen molar-refractivity contribution in [1.29, 1.82) is 0 Å². The fraction of sp³-hybridized carbons (Fsp3) is 0.333. The molecule has 2 aromatic rings. The maximum Gasteiger partial charge on any atom is 0.0149 e. The minimum absolute atomic E-state index is 0.269. The fourth-order valence-electron chi connectivity index (χ4n) is 4.33. The predicted octanol–water partition coefficient (Wildman–Crippen LogP) is 5.64. The molecule has 0 amide bonds. The van der Waals surface area contributed by atoms with Crippen LogP contribution in [0.5, 0.6) is 0 Å². The summed E-state index contributed by atoms with van der Waals surface area (Å²) in [6.07, 6.45) is 5.26. The Kier molecular flexibility index (Phi) is 2.82. The highest BCUT2D eigenvalue weighted by Gasteiger charge is 2.42. The largest absolute Gasteiger partial charge is 0.0622 e. The van der Waals surface area contributed by atoms with Gasteiger partial charge in [-0.2, -0.15) is 0 Å². The summed E-state index contributed by atoms with van der Waals surface area (Å²) in [7, 11) is 0. The molecular formula is C21H22. The highest BCUT2D eigenvalue weighted by molar-refractivity contribution is 5.90. The van der Waals surface area contributed by atoms with Gasteiger partial charge in [-0.3, -0.25) is 0 Å². The molecule has 0 heterocycles. The van der Waals surface area contributed by atoms with Gasteiger partial charge in [-0.25, -0.2) is 0 Å². The molecule has 1 atom stereocenters. The van der Waals surface area contributed by atoms with Gasteiger partial charge in [0.15, 0.2) is 0 Å². The first-order chi connectivity index (χ1) is 10.2. The van der Waals surface area contributed by atoms with Crippen LogP contribution >= 0.6 is 0 Å². The molecule has 0 radical (unpaired) electrons. The van der Waals surface area contributed by atoms with Crippen LogP contribution in [0.4, 0.5) is 0 Å². The third-order valence-corrected chi connectivity index (χ3v) is 5.42. The van der Waals surface area contributed by atoms with Crippen LogP contribution in [0.1, 0.15) is 54.9 Å². The molecule has 2 aromatic carbocycles. The van der Waals surface area contributed by atoms with Crippen molar-refractivity contribution in [3.8, 4) is 0 Å². The first-order valence-electron chi connectivity index (χ1n) is 8.11. The van der Waals surface area contributed by atoms with Gasteiger partial charge in [0, 0.05) is 5.41 Å².